The van der Waals surface area contributed by atoms with Gasteiger partial charge in [-0.3, -0.25) is 0 Å². The molecule has 0 spiro atoms. The summed E-state index contributed by atoms with van der Waals surface area (Å²) in [7, 11) is 0. The van der Waals surface area contributed by atoms with E-state index in [4.69, 9.17) is 5.73 Å². The third-order valence-electron chi connectivity index (χ3n) is 4.71. The molecule has 1 heterocycles. The smallest absolute Gasteiger partial charge is 0.322 e. The summed E-state index contributed by atoms with van der Waals surface area (Å²) in [6.07, 6.45) is 3.51. The lowest BCUT2D eigenvalue weighted by Gasteiger charge is -2.42. The van der Waals surface area contributed by atoms with Crippen LogP contribution in [-0.4, -0.2) is 36.2 Å². The maximum atomic E-state index is 12.7. The Labute approximate surface area is 127 Å². The van der Waals surface area contributed by atoms with Gasteiger partial charge in [-0.2, -0.15) is 0 Å². The lowest BCUT2D eigenvalue weighted by atomic mass is 10.0. The molecule has 0 aliphatic carbocycles. The summed E-state index contributed by atoms with van der Waals surface area (Å²) in [5.74, 6) is 0. The number of piperidine rings is 1. The zero-order chi connectivity index (χ0) is 15.3. The highest BCUT2D eigenvalue weighted by Gasteiger charge is 2.40. The van der Waals surface area contributed by atoms with Crippen molar-refractivity contribution in [1.29, 1.82) is 0 Å². The van der Waals surface area contributed by atoms with Gasteiger partial charge < -0.3 is 11.1 Å². The average molecular weight is 290 g/mol. The molecule has 1 aromatic carbocycles. The molecule has 1 atom stereocenters. The Balaban J connectivity index is 1.96. The van der Waals surface area contributed by atoms with Crippen LogP contribution >= 0.6 is 0 Å². The minimum Gasteiger partial charge on any atom is -0.322 e. The van der Waals surface area contributed by atoms with Crippen LogP contribution in [0.15, 0.2) is 30.3 Å². The monoisotopic (exact) mass is 290 g/mol. The van der Waals surface area contributed by atoms with E-state index in [1.54, 1.807) is 0 Å². The Morgan fingerprint density at radius 3 is 2.38 bits per heavy atom. The van der Waals surface area contributed by atoms with Crippen molar-refractivity contribution in [2.75, 3.05) is 19.6 Å². The Hall–Kier alpha value is -1.39. The van der Waals surface area contributed by atoms with E-state index >= 15 is 0 Å². The van der Waals surface area contributed by atoms with Crippen LogP contribution < -0.4 is 11.1 Å². The first-order valence-corrected chi connectivity index (χ1v) is 8.02. The predicted molar refractivity (Wildman–Crippen MR) is 85.8 cm³/mol. The Morgan fingerprint density at radius 1 is 1.19 bits per heavy atom. The van der Waals surface area contributed by atoms with Crippen LogP contribution in [0.5, 0.6) is 0 Å². The van der Waals surface area contributed by atoms with Crippen LogP contribution in [0, 0.1) is 0 Å². The second-order valence-electron chi connectivity index (χ2n) is 6.34. The molecule has 0 unspecified atom stereocenters. The zero-order valence-electron chi connectivity index (χ0n) is 13.2. The first kappa shape index (κ1) is 16.0. The molecular weight excluding hydrogens is 262 g/mol. The van der Waals surface area contributed by atoms with Crippen molar-refractivity contribution < 1.29 is 9.28 Å². The number of urea groups is 1. The van der Waals surface area contributed by atoms with Gasteiger partial charge in [0.2, 0.25) is 0 Å². The summed E-state index contributed by atoms with van der Waals surface area (Å²) in [5.41, 5.74) is 7.23. The van der Waals surface area contributed by atoms with E-state index in [0.29, 0.717) is 17.1 Å². The van der Waals surface area contributed by atoms with Gasteiger partial charge in [-0.25, -0.2) is 9.28 Å². The van der Waals surface area contributed by atoms with Gasteiger partial charge in [0.05, 0.1) is 19.1 Å². The number of amides is 2. The van der Waals surface area contributed by atoms with Crippen molar-refractivity contribution in [3.63, 3.8) is 0 Å². The van der Waals surface area contributed by atoms with Gasteiger partial charge >= 0.3 is 6.03 Å². The summed E-state index contributed by atoms with van der Waals surface area (Å²) in [6.45, 7) is 6.67. The SMILES string of the molecule is CC(C)[N+]1(C(=O)NC[C@H](N)c2ccccc2)CCCCC1. The van der Waals surface area contributed by atoms with Crippen molar-refractivity contribution in [2.24, 2.45) is 5.73 Å². The molecule has 1 aliphatic rings. The van der Waals surface area contributed by atoms with Gasteiger partial charge in [0.1, 0.15) is 0 Å². The minimum atomic E-state index is -0.146. The molecule has 116 valence electrons. The number of hydrogen-bond donors (Lipinski definition) is 2. The first-order chi connectivity index (χ1) is 10.1. The summed E-state index contributed by atoms with van der Waals surface area (Å²) in [5, 5.41) is 3.08. The van der Waals surface area contributed by atoms with Crippen LogP contribution in [-0.2, 0) is 0 Å². The molecule has 1 aliphatic heterocycles. The summed E-state index contributed by atoms with van der Waals surface area (Å²) >= 11 is 0. The number of nitrogens with zero attached hydrogens (tertiary/aromatic N) is 1. The molecular formula is C17H28N3O+. The maximum absolute atomic E-state index is 12.7. The summed E-state index contributed by atoms with van der Waals surface area (Å²) in [4.78, 5) is 12.7. The van der Waals surface area contributed by atoms with Crippen molar-refractivity contribution >= 4 is 6.03 Å². The second kappa shape index (κ2) is 7.05. The van der Waals surface area contributed by atoms with Gasteiger partial charge in [-0.1, -0.05) is 30.3 Å². The number of rotatable bonds is 4. The fourth-order valence-corrected chi connectivity index (χ4v) is 3.20. The van der Waals surface area contributed by atoms with E-state index < -0.39 is 0 Å². The Morgan fingerprint density at radius 2 is 1.81 bits per heavy atom. The molecule has 2 amide bonds. The number of benzene rings is 1. The Kier molecular flexibility index (Phi) is 5.37. The van der Waals surface area contributed by atoms with Crippen LogP contribution in [0.4, 0.5) is 4.79 Å². The molecule has 0 bridgehead atoms. The fourth-order valence-electron chi connectivity index (χ4n) is 3.20. The molecule has 4 heteroatoms. The lowest BCUT2D eigenvalue weighted by molar-refractivity contribution is -0.876. The second-order valence-corrected chi connectivity index (χ2v) is 6.34. The molecule has 1 aromatic rings. The van der Waals surface area contributed by atoms with Crippen LogP contribution in [0.2, 0.25) is 0 Å². The number of nitrogens with one attached hydrogen (secondary N) is 1. The molecule has 0 aromatic heterocycles. The predicted octanol–water partition coefficient (Wildman–Crippen LogP) is 2.81. The Bertz CT molecular complexity index is 452. The third kappa shape index (κ3) is 3.63. The number of hydrogen-bond acceptors (Lipinski definition) is 2. The van der Waals surface area contributed by atoms with Crippen molar-refractivity contribution in [3.8, 4) is 0 Å². The first-order valence-electron chi connectivity index (χ1n) is 8.02. The average Bonchev–Trinajstić information content (AvgIpc) is 2.53. The normalized spacial score (nSPS) is 19.2. The topological polar surface area (TPSA) is 55.1 Å². The van der Waals surface area contributed by atoms with E-state index in [2.05, 4.69) is 19.2 Å². The number of carbonyl (C=O) groups excluding carboxylic acids is 1. The van der Waals surface area contributed by atoms with Crippen molar-refractivity contribution in [2.45, 2.75) is 45.2 Å². The largest absolute Gasteiger partial charge is 0.416 e. The fraction of sp³-hybridized carbons (Fsp3) is 0.588. The van der Waals surface area contributed by atoms with E-state index in [1.807, 2.05) is 30.3 Å². The van der Waals surface area contributed by atoms with E-state index in [1.165, 1.54) is 6.42 Å². The lowest BCUT2D eigenvalue weighted by Crippen LogP contribution is -2.63. The molecule has 0 radical (unpaired) electrons. The molecule has 2 rings (SSSR count). The van der Waals surface area contributed by atoms with Crippen LogP contribution in [0.3, 0.4) is 0 Å². The molecule has 3 N–H and O–H groups in total. The van der Waals surface area contributed by atoms with Gasteiger partial charge in [0, 0.05) is 12.6 Å². The van der Waals surface area contributed by atoms with Crippen molar-refractivity contribution in [1.82, 2.24) is 5.32 Å². The number of quaternary nitrogens is 1. The highest BCUT2D eigenvalue weighted by Crippen LogP contribution is 2.23. The van der Waals surface area contributed by atoms with Crippen LogP contribution in [0.1, 0.15) is 44.7 Å². The summed E-state index contributed by atoms with van der Waals surface area (Å²) in [6, 6.07) is 10.2. The molecule has 0 saturated carbocycles. The standard InChI is InChI=1S/C17H27N3O/c1-14(2)20(11-7-4-8-12-20)17(21)19-13-16(18)15-9-5-3-6-10-15/h3,5-6,9-10,14,16H,4,7-8,11-13,18H2,1-2H3/p+1/t16-/m0/s1. The number of nitrogens with two attached hydrogens (primary N) is 1. The number of carbonyl (C=O) groups is 1. The molecule has 4 nitrogen and oxygen atoms in total. The molecule has 1 saturated heterocycles. The van der Waals surface area contributed by atoms with E-state index in [9.17, 15) is 4.79 Å². The van der Waals surface area contributed by atoms with Gasteiger partial charge in [-0.05, 0) is 38.7 Å². The van der Waals surface area contributed by atoms with E-state index in [0.717, 1.165) is 31.5 Å². The minimum absolute atomic E-state index is 0.135. The highest BCUT2D eigenvalue weighted by molar-refractivity contribution is 5.67. The zero-order valence-corrected chi connectivity index (χ0v) is 13.2. The number of likely N-dealkylation sites (tertiary alicyclic amines) is 1. The van der Waals surface area contributed by atoms with Gasteiger partial charge in [0.25, 0.3) is 0 Å². The van der Waals surface area contributed by atoms with Crippen LogP contribution in [0.25, 0.3) is 0 Å². The highest BCUT2D eigenvalue weighted by atomic mass is 16.2. The van der Waals surface area contributed by atoms with E-state index in [-0.39, 0.29) is 12.1 Å². The van der Waals surface area contributed by atoms with Crippen molar-refractivity contribution in [3.05, 3.63) is 35.9 Å². The summed E-state index contributed by atoms with van der Waals surface area (Å²) < 4.78 is 0.557. The van der Waals surface area contributed by atoms with Gasteiger partial charge in [-0.15, -0.1) is 0 Å². The molecule has 21 heavy (non-hydrogen) atoms. The van der Waals surface area contributed by atoms with Gasteiger partial charge in [0.15, 0.2) is 0 Å². The third-order valence-corrected chi connectivity index (χ3v) is 4.71. The molecule has 1 fully saturated rings. The maximum Gasteiger partial charge on any atom is 0.416 e. The quantitative estimate of drug-likeness (QED) is 0.838.